The second kappa shape index (κ2) is 55.5. The van der Waals surface area contributed by atoms with Gasteiger partial charge in [-0.25, -0.2) is 4.57 Å². The fraction of sp³-hybridized carbons (Fsp3) is 0.453. The molecule has 0 saturated heterocycles. The van der Waals surface area contributed by atoms with Crippen LogP contribution in [0.25, 0.3) is 0 Å². The Kier molecular flexibility index (Phi) is 51.4. The van der Waals surface area contributed by atoms with Crippen molar-refractivity contribution in [3.63, 3.8) is 0 Å². The second-order valence-electron chi connectivity index (χ2n) is 16.9. The molecule has 2 N–H and O–H groups in total. The third kappa shape index (κ3) is 53.2. The normalized spacial score (nSPS) is 14.9. The molecule has 12 heteroatoms. The molecule has 11 nitrogen and oxygen atoms in total. The van der Waals surface area contributed by atoms with Gasteiger partial charge in [0, 0.05) is 6.42 Å². The van der Waals surface area contributed by atoms with Gasteiger partial charge in [0.05, 0.1) is 32.7 Å². The van der Waals surface area contributed by atoms with E-state index in [4.69, 9.17) is 23.3 Å². The van der Waals surface area contributed by atoms with Crippen molar-refractivity contribution in [3.8, 4) is 0 Å². The number of rotatable bonds is 47. The lowest BCUT2D eigenvalue weighted by Gasteiger charge is -2.21. The van der Waals surface area contributed by atoms with E-state index in [0.29, 0.717) is 25.7 Å². The van der Waals surface area contributed by atoms with E-state index in [-0.39, 0.29) is 19.3 Å². The number of aliphatic hydroxyl groups is 1. The van der Waals surface area contributed by atoms with Crippen molar-refractivity contribution in [2.45, 2.75) is 161 Å². The van der Waals surface area contributed by atoms with Gasteiger partial charge in [0.2, 0.25) is 0 Å². The molecule has 0 rings (SSSR count). The van der Waals surface area contributed by atoms with Crippen LogP contribution in [0.4, 0.5) is 0 Å². The molecule has 0 saturated carbocycles. The van der Waals surface area contributed by atoms with Gasteiger partial charge in [0.15, 0.2) is 6.10 Å². The highest BCUT2D eigenvalue weighted by atomic mass is 31.2. The first kappa shape index (κ1) is 70.3. The largest absolute Gasteiger partial charge is 0.472 e. The summed E-state index contributed by atoms with van der Waals surface area (Å²) in [5.74, 6) is -1.89. The van der Waals surface area contributed by atoms with Crippen LogP contribution in [0, 0.1) is 0 Å². The van der Waals surface area contributed by atoms with Crippen molar-refractivity contribution in [2.75, 3.05) is 26.4 Å². The minimum absolute atomic E-state index is 0.00308. The van der Waals surface area contributed by atoms with Crippen LogP contribution in [-0.2, 0) is 42.2 Å². The Hall–Kier alpha value is -5.68. The van der Waals surface area contributed by atoms with Gasteiger partial charge in [-0.3, -0.25) is 23.4 Å². The smallest absolute Gasteiger partial charge is 0.461 e. The minimum Gasteiger partial charge on any atom is -0.461 e. The van der Waals surface area contributed by atoms with Gasteiger partial charge in [0.25, 0.3) is 0 Å². The van der Waals surface area contributed by atoms with E-state index in [1.54, 1.807) is 12.2 Å². The Morgan fingerprint density at radius 3 is 0.974 bits per heavy atom. The van der Waals surface area contributed by atoms with Gasteiger partial charge in [-0.05, 0) is 109 Å². The molecule has 76 heavy (non-hydrogen) atoms. The fourth-order valence-electron chi connectivity index (χ4n) is 6.06. The van der Waals surface area contributed by atoms with Crippen LogP contribution >= 0.6 is 7.82 Å². The van der Waals surface area contributed by atoms with Gasteiger partial charge >= 0.3 is 25.7 Å². The Morgan fingerprint density at radius 2 is 0.645 bits per heavy atom. The van der Waals surface area contributed by atoms with Crippen LogP contribution in [0.2, 0.25) is 0 Å². The van der Waals surface area contributed by atoms with Gasteiger partial charge in [-0.2, -0.15) is 0 Å². The van der Waals surface area contributed by atoms with Crippen LogP contribution < -0.4 is 0 Å². The fourth-order valence-corrected chi connectivity index (χ4v) is 6.84. The number of hydrogen-bond acceptors (Lipinski definition) is 10. The number of hydrogen-bond donors (Lipinski definition) is 2. The Bertz CT molecular complexity index is 2020. The molecule has 0 aromatic heterocycles. The van der Waals surface area contributed by atoms with Crippen molar-refractivity contribution in [2.24, 2.45) is 0 Å². The number of carbonyl (C=O) groups excluding carboxylic acids is 3. The highest BCUT2D eigenvalue weighted by molar-refractivity contribution is 7.47. The van der Waals surface area contributed by atoms with Gasteiger partial charge in [-0.15, -0.1) is 0 Å². The van der Waals surface area contributed by atoms with Crippen molar-refractivity contribution in [1.82, 2.24) is 0 Å². The average molecular weight is 1070 g/mol. The minimum atomic E-state index is -4.83. The first-order valence-corrected chi connectivity index (χ1v) is 28.8. The molecule has 0 spiro atoms. The Morgan fingerprint density at radius 1 is 0.368 bits per heavy atom. The molecule has 3 unspecified atom stereocenters. The quantitative estimate of drug-likeness (QED) is 0.0259. The van der Waals surface area contributed by atoms with Crippen molar-refractivity contribution in [3.05, 3.63) is 194 Å². The lowest BCUT2D eigenvalue weighted by molar-refractivity contribution is -0.160. The summed E-state index contributed by atoms with van der Waals surface area (Å²) >= 11 is 0. The summed E-state index contributed by atoms with van der Waals surface area (Å²) in [7, 11) is -4.83. The van der Waals surface area contributed by atoms with Crippen LogP contribution in [0.3, 0.4) is 0 Å². The molecule has 0 bridgehead atoms. The van der Waals surface area contributed by atoms with E-state index < -0.39 is 64.4 Å². The summed E-state index contributed by atoms with van der Waals surface area (Å²) in [5, 5.41) is 9.78. The molecule has 0 aliphatic heterocycles. The van der Waals surface area contributed by atoms with Gasteiger partial charge < -0.3 is 24.2 Å². The molecular formula is C64H93O11P. The molecule has 3 atom stereocenters. The summed E-state index contributed by atoms with van der Waals surface area (Å²) in [6.07, 6.45) is 77.6. The Labute approximate surface area is 458 Å². The lowest BCUT2D eigenvalue weighted by Crippen LogP contribution is -2.30. The number of phosphoric acid groups is 1. The zero-order valence-electron chi connectivity index (χ0n) is 46.1. The highest BCUT2D eigenvalue weighted by Gasteiger charge is 2.28. The first-order valence-electron chi connectivity index (χ1n) is 27.3. The maximum absolute atomic E-state index is 12.9. The Balaban J connectivity index is 5.08. The van der Waals surface area contributed by atoms with Gasteiger partial charge in [0.1, 0.15) is 12.7 Å². The van der Waals surface area contributed by atoms with Crippen LogP contribution in [-0.4, -0.2) is 66.5 Å². The van der Waals surface area contributed by atoms with Crippen molar-refractivity contribution >= 4 is 25.7 Å². The SMILES string of the molecule is CC/C=C\C/C=C\C/C=C\C/C=C\C/C=C\C/C=C\CCC(=O)OC(COC(=O)C/C=C\C/C=C\C/C=C\C/C=C\C/C=C\CC)COP(=O)(O)OCC(CO)OC(=O)C/C=C\C/C=C\C/C=C\C/C=C\C/C=C\CC. The molecule has 0 fully saturated rings. The number of aliphatic hydroxyl groups excluding tert-OH is 1. The summed E-state index contributed by atoms with van der Waals surface area (Å²) in [5.41, 5.74) is 0. The molecule has 420 valence electrons. The standard InChI is InChI=1S/C64H93O11P/c1-4-7-10-13-16-19-22-25-28-29-30-31-34-37-40-43-46-49-52-55-64(68)75-61(57-71-62(66)53-50-47-44-41-38-35-32-26-23-20-17-14-11-8-5-2)59-73-76(69,70)72-58-60(56-65)74-63(67)54-51-48-45-42-39-36-33-27-24-21-18-15-12-9-6-3/h7-12,16-21,25-28,30-33,37-42,46-51,60-61,65H,4-6,13-15,22-24,29,34-36,43-45,52-59H2,1-3H3,(H,69,70)/b10-7-,11-8-,12-9-,19-16-,20-17-,21-18-,28-25-,31-30-,32-26-,33-27-,40-37-,41-38-,42-39-,49-46-,50-47-,51-48-. The van der Waals surface area contributed by atoms with Crippen LogP contribution in [0.15, 0.2) is 194 Å². The maximum atomic E-state index is 12.9. The average Bonchev–Trinajstić information content (AvgIpc) is 3.41. The summed E-state index contributed by atoms with van der Waals surface area (Å²) < 4.78 is 39.1. The van der Waals surface area contributed by atoms with E-state index in [2.05, 4.69) is 148 Å². The van der Waals surface area contributed by atoms with E-state index in [0.717, 1.165) is 83.5 Å². The molecule has 0 heterocycles. The number of allylic oxidation sites excluding steroid dienone is 30. The van der Waals surface area contributed by atoms with Gasteiger partial charge in [-0.1, -0.05) is 215 Å². The van der Waals surface area contributed by atoms with Crippen LogP contribution in [0.1, 0.15) is 149 Å². The van der Waals surface area contributed by atoms with Crippen molar-refractivity contribution in [1.29, 1.82) is 0 Å². The third-order valence-corrected chi connectivity index (χ3v) is 11.0. The molecule has 0 radical (unpaired) electrons. The number of ether oxygens (including phenoxy) is 3. The molecule has 0 amide bonds. The van der Waals surface area contributed by atoms with Crippen molar-refractivity contribution < 1.29 is 52.2 Å². The van der Waals surface area contributed by atoms with E-state index in [9.17, 15) is 28.9 Å². The molecule has 0 aromatic carbocycles. The number of phosphoric ester groups is 1. The summed E-state index contributed by atoms with van der Waals surface area (Å²) in [6, 6.07) is 0. The molecule has 0 aromatic rings. The number of carbonyl (C=O) groups is 3. The molecule has 0 aliphatic carbocycles. The topological polar surface area (TPSA) is 155 Å². The van der Waals surface area contributed by atoms with Crippen LogP contribution in [0.5, 0.6) is 0 Å². The zero-order valence-corrected chi connectivity index (χ0v) is 47.0. The highest BCUT2D eigenvalue weighted by Crippen LogP contribution is 2.43. The molecule has 0 aliphatic rings. The molecular weight excluding hydrogens is 976 g/mol. The monoisotopic (exact) mass is 1070 g/mol. The first-order chi connectivity index (χ1) is 37.2. The zero-order chi connectivity index (χ0) is 55.5. The van der Waals surface area contributed by atoms with E-state index in [1.807, 2.05) is 54.7 Å². The summed E-state index contributed by atoms with van der Waals surface area (Å²) in [4.78, 5) is 48.3. The third-order valence-electron chi connectivity index (χ3n) is 10.1. The van der Waals surface area contributed by atoms with E-state index >= 15 is 0 Å². The summed E-state index contributed by atoms with van der Waals surface area (Å²) in [6.45, 7) is 3.94. The predicted molar refractivity (Wildman–Crippen MR) is 315 cm³/mol. The lowest BCUT2D eigenvalue weighted by atomic mass is 10.2. The number of esters is 3. The maximum Gasteiger partial charge on any atom is 0.472 e. The second-order valence-corrected chi connectivity index (χ2v) is 18.4. The predicted octanol–water partition coefficient (Wildman–Crippen LogP) is 16.2. The van der Waals surface area contributed by atoms with E-state index in [1.165, 1.54) is 0 Å².